The molecule has 0 saturated heterocycles. The van der Waals surface area contributed by atoms with Crippen molar-refractivity contribution in [1.82, 2.24) is 5.32 Å². The minimum atomic E-state index is -4.05. The second kappa shape index (κ2) is 9.09. The highest BCUT2D eigenvalue weighted by atomic mass is 32.2. The van der Waals surface area contributed by atoms with Gasteiger partial charge in [0.05, 0.1) is 10.6 Å². The van der Waals surface area contributed by atoms with E-state index in [1.165, 1.54) is 36.4 Å². The zero-order chi connectivity index (χ0) is 21.7. The highest BCUT2D eigenvalue weighted by Gasteiger charge is 2.19. The lowest BCUT2D eigenvalue weighted by atomic mass is 10.1. The number of anilines is 1. The summed E-state index contributed by atoms with van der Waals surface area (Å²) >= 11 is 0. The Balaban J connectivity index is 1.74. The van der Waals surface area contributed by atoms with E-state index in [9.17, 15) is 17.6 Å². The summed E-state index contributed by atoms with van der Waals surface area (Å²) in [6, 6.07) is 17.8. The van der Waals surface area contributed by atoms with Crippen molar-refractivity contribution >= 4 is 21.6 Å². The standard InChI is InChI=1S/C23H23FN2O3S/c1-16-6-5-7-18(14-16)12-13-25-23(27)20-15-19(11-10-17(20)2)30(28,29)26-22-9-4-3-8-21(22)24/h3-11,14-15,26H,12-13H2,1-2H3,(H,25,27). The van der Waals surface area contributed by atoms with Gasteiger partial charge in [-0.3, -0.25) is 9.52 Å². The summed E-state index contributed by atoms with van der Waals surface area (Å²) in [5.41, 5.74) is 3.01. The van der Waals surface area contributed by atoms with E-state index in [1.807, 2.05) is 25.1 Å². The Morgan fingerprint density at radius 3 is 2.47 bits per heavy atom. The Morgan fingerprint density at radius 1 is 0.967 bits per heavy atom. The van der Waals surface area contributed by atoms with Crippen LogP contribution in [0.1, 0.15) is 27.0 Å². The Morgan fingerprint density at radius 2 is 1.73 bits per heavy atom. The number of hydrogen-bond donors (Lipinski definition) is 2. The summed E-state index contributed by atoms with van der Waals surface area (Å²) < 4.78 is 41.4. The summed E-state index contributed by atoms with van der Waals surface area (Å²) in [4.78, 5) is 12.5. The number of aryl methyl sites for hydroxylation is 2. The molecule has 0 atom stereocenters. The van der Waals surface area contributed by atoms with Crippen LogP contribution in [0.15, 0.2) is 71.6 Å². The number of nitrogens with one attached hydrogen (secondary N) is 2. The average molecular weight is 427 g/mol. The predicted octanol–water partition coefficient (Wildman–Crippen LogP) is 4.22. The lowest BCUT2D eigenvalue weighted by molar-refractivity contribution is 0.0953. The molecule has 0 radical (unpaired) electrons. The molecule has 0 aliphatic heterocycles. The van der Waals surface area contributed by atoms with Gasteiger partial charge in [-0.2, -0.15) is 0 Å². The normalized spacial score (nSPS) is 11.2. The van der Waals surface area contributed by atoms with Crippen LogP contribution in [-0.4, -0.2) is 20.9 Å². The minimum Gasteiger partial charge on any atom is -0.352 e. The van der Waals surface area contributed by atoms with E-state index in [0.717, 1.165) is 11.1 Å². The molecule has 0 aliphatic carbocycles. The maximum Gasteiger partial charge on any atom is 0.262 e. The van der Waals surface area contributed by atoms with E-state index < -0.39 is 15.8 Å². The molecule has 1 amide bonds. The number of para-hydroxylation sites is 1. The first-order valence-corrected chi connectivity index (χ1v) is 11.0. The number of rotatable bonds is 7. The Hall–Kier alpha value is -3.19. The SMILES string of the molecule is Cc1cccc(CCNC(=O)c2cc(S(=O)(=O)Nc3ccccc3F)ccc2C)c1. The molecule has 0 unspecified atom stereocenters. The molecule has 3 aromatic rings. The second-order valence-corrected chi connectivity index (χ2v) is 8.74. The minimum absolute atomic E-state index is 0.111. The van der Waals surface area contributed by atoms with Gasteiger partial charge in [0.2, 0.25) is 0 Å². The summed E-state index contributed by atoms with van der Waals surface area (Å²) in [5, 5.41) is 2.83. The van der Waals surface area contributed by atoms with E-state index in [2.05, 4.69) is 16.1 Å². The fourth-order valence-electron chi connectivity index (χ4n) is 3.04. The molecule has 5 nitrogen and oxygen atoms in total. The van der Waals surface area contributed by atoms with Crippen LogP contribution in [0, 0.1) is 19.7 Å². The largest absolute Gasteiger partial charge is 0.352 e. The Labute approximate surface area is 176 Å². The summed E-state index contributed by atoms with van der Waals surface area (Å²) in [5.74, 6) is -1.04. The van der Waals surface area contributed by atoms with E-state index in [-0.39, 0.29) is 22.1 Å². The highest BCUT2D eigenvalue weighted by molar-refractivity contribution is 7.92. The highest BCUT2D eigenvalue weighted by Crippen LogP contribution is 2.21. The summed E-state index contributed by atoms with van der Waals surface area (Å²) in [6.07, 6.45) is 0.666. The molecule has 0 aliphatic rings. The molecule has 0 spiro atoms. The number of carbonyl (C=O) groups is 1. The van der Waals surface area contributed by atoms with Gasteiger partial charge in [0.1, 0.15) is 5.82 Å². The van der Waals surface area contributed by atoms with Crippen molar-refractivity contribution in [3.63, 3.8) is 0 Å². The van der Waals surface area contributed by atoms with E-state index in [4.69, 9.17) is 0 Å². The van der Waals surface area contributed by atoms with Crippen molar-refractivity contribution in [2.75, 3.05) is 11.3 Å². The van der Waals surface area contributed by atoms with Crippen LogP contribution < -0.4 is 10.0 Å². The third-order valence-electron chi connectivity index (χ3n) is 4.66. The maximum atomic E-state index is 13.8. The van der Waals surface area contributed by atoms with Gasteiger partial charge in [-0.25, -0.2) is 12.8 Å². The molecule has 0 aromatic heterocycles. The van der Waals surface area contributed by atoms with Crippen molar-refractivity contribution in [3.05, 3.63) is 94.8 Å². The monoisotopic (exact) mass is 426 g/mol. The van der Waals surface area contributed by atoms with Crippen LogP contribution in [0.25, 0.3) is 0 Å². The molecule has 7 heteroatoms. The van der Waals surface area contributed by atoms with Gasteiger partial charge in [-0.05, 0) is 55.7 Å². The molecule has 3 aromatic carbocycles. The van der Waals surface area contributed by atoms with Crippen LogP contribution in [0.5, 0.6) is 0 Å². The number of hydrogen-bond acceptors (Lipinski definition) is 3. The zero-order valence-corrected chi connectivity index (χ0v) is 17.6. The fourth-order valence-corrected chi connectivity index (χ4v) is 4.14. The average Bonchev–Trinajstić information content (AvgIpc) is 2.70. The summed E-state index contributed by atoms with van der Waals surface area (Å²) in [7, 11) is -4.05. The molecular formula is C23H23FN2O3S. The summed E-state index contributed by atoms with van der Waals surface area (Å²) in [6.45, 7) is 4.16. The van der Waals surface area contributed by atoms with Crippen LogP contribution >= 0.6 is 0 Å². The van der Waals surface area contributed by atoms with Gasteiger partial charge in [-0.15, -0.1) is 0 Å². The first kappa shape index (κ1) is 21.5. The van der Waals surface area contributed by atoms with Crippen molar-refractivity contribution in [2.45, 2.75) is 25.2 Å². The number of carbonyl (C=O) groups excluding carboxylic acids is 1. The number of amides is 1. The smallest absolute Gasteiger partial charge is 0.262 e. The van der Waals surface area contributed by atoms with Crippen molar-refractivity contribution in [1.29, 1.82) is 0 Å². The van der Waals surface area contributed by atoms with Gasteiger partial charge in [0.15, 0.2) is 0 Å². The van der Waals surface area contributed by atoms with Crippen molar-refractivity contribution in [3.8, 4) is 0 Å². The van der Waals surface area contributed by atoms with Crippen LogP contribution in [0.3, 0.4) is 0 Å². The maximum absolute atomic E-state index is 13.8. The molecule has 30 heavy (non-hydrogen) atoms. The lowest BCUT2D eigenvalue weighted by Crippen LogP contribution is -2.27. The number of sulfonamides is 1. The van der Waals surface area contributed by atoms with E-state index >= 15 is 0 Å². The first-order valence-electron chi connectivity index (χ1n) is 9.48. The molecule has 0 heterocycles. The molecule has 3 rings (SSSR count). The van der Waals surface area contributed by atoms with Gasteiger partial charge < -0.3 is 5.32 Å². The Bertz CT molecular complexity index is 1180. The van der Waals surface area contributed by atoms with Gasteiger partial charge in [0, 0.05) is 12.1 Å². The first-order chi connectivity index (χ1) is 14.3. The molecular weight excluding hydrogens is 403 g/mol. The third kappa shape index (κ3) is 5.24. The van der Waals surface area contributed by atoms with Crippen LogP contribution in [-0.2, 0) is 16.4 Å². The van der Waals surface area contributed by atoms with Crippen molar-refractivity contribution in [2.24, 2.45) is 0 Å². The van der Waals surface area contributed by atoms with Gasteiger partial charge >= 0.3 is 0 Å². The number of benzene rings is 3. The quantitative estimate of drug-likeness (QED) is 0.594. The molecule has 2 N–H and O–H groups in total. The fraction of sp³-hybridized carbons (Fsp3) is 0.174. The lowest BCUT2D eigenvalue weighted by Gasteiger charge is -2.12. The zero-order valence-electron chi connectivity index (χ0n) is 16.8. The van der Waals surface area contributed by atoms with E-state index in [0.29, 0.717) is 18.5 Å². The predicted molar refractivity (Wildman–Crippen MR) is 116 cm³/mol. The topological polar surface area (TPSA) is 75.3 Å². The van der Waals surface area contributed by atoms with Crippen LogP contribution in [0.2, 0.25) is 0 Å². The van der Waals surface area contributed by atoms with Gasteiger partial charge in [0.25, 0.3) is 15.9 Å². The number of halogens is 1. The molecule has 0 fully saturated rings. The van der Waals surface area contributed by atoms with E-state index in [1.54, 1.807) is 13.0 Å². The Kier molecular flexibility index (Phi) is 6.52. The van der Waals surface area contributed by atoms with Crippen molar-refractivity contribution < 1.29 is 17.6 Å². The third-order valence-corrected chi connectivity index (χ3v) is 6.03. The van der Waals surface area contributed by atoms with Crippen LogP contribution in [0.4, 0.5) is 10.1 Å². The second-order valence-electron chi connectivity index (χ2n) is 7.06. The van der Waals surface area contributed by atoms with Gasteiger partial charge in [-0.1, -0.05) is 48.0 Å². The molecule has 0 saturated carbocycles. The molecule has 0 bridgehead atoms. The molecule has 156 valence electrons.